The van der Waals surface area contributed by atoms with Gasteiger partial charge in [0.05, 0.1) is 11.2 Å². The zero-order valence-electron chi connectivity index (χ0n) is 14.3. The molecule has 0 unspecified atom stereocenters. The molecule has 0 radical (unpaired) electrons. The van der Waals surface area contributed by atoms with E-state index in [-0.39, 0.29) is 0 Å². The third kappa shape index (κ3) is 2.74. The van der Waals surface area contributed by atoms with Crippen LogP contribution in [0.4, 0.5) is 0 Å². The van der Waals surface area contributed by atoms with Crippen LogP contribution in [0.5, 0.6) is 0 Å². The Morgan fingerprint density at radius 3 is 2.39 bits per heavy atom. The summed E-state index contributed by atoms with van der Waals surface area (Å²) in [7, 11) is 0. The summed E-state index contributed by atoms with van der Waals surface area (Å²) in [4.78, 5) is 34.7. The van der Waals surface area contributed by atoms with Gasteiger partial charge in [0, 0.05) is 16.0 Å². The Kier molecular flexibility index (Phi) is 3.89. The second-order valence-electron chi connectivity index (χ2n) is 6.32. The molecule has 0 amide bonds. The van der Waals surface area contributed by atoms with Crippen molar-refractivity contribution in [1.82, 2.24) is 15.0 Å². The highest BCUT2D eigenvalue weighted by molar-refractivity contribution is 7.25. The number of benzene rings is 2. The van der Waals surface area contributed by atoms with Crippen molar-refractivity contribution in [3.8, 4) is 22.4 Å². The van der Waals surface area contributed by atoms with Crippen molar-refractivity contribution in [3.63, 3.8) is 0 Å². The fraction of sp³-hybridized carbons (Fsp3) is 0. The van der Waals surface area contributed by atoms with E-state index in [4.69, 9.17) is 16.6 Å². The third-order valence-electron chi connectivity index (χ3n) is 4.56. The van der Waals surface area contributed by atoms with E-state index in [1.165, 1.54) is 11.3 Å². The molecule has 0 aliphatic carbocycles. The number of halogens is 1. The van der Waals surface area contributed by atoms with Crippen LogP contribution in [0.15, 0.2) is 70.3 Å². The second kappa shape index (κ2) is 6.44. The predicted molar refractivity (Wildman–Crippen MR) is 114 cm³/mol. The molecule has 0 bridgehead atoms. The van der Waals surface area contributed by atoms with Gasteiger partial charge in [-0.2, -0.15) is 0 Å². The van der Waals surface area contributed by atoms with E-state index >= 15 is 0 Å². The van der Waals surface area contributed by atoms with Crippen molar-refractivity contribution < 1.29 is 0 Å². The molecule has 0 atom stereocenters. The van der Waals surface area contributed by atoms with Gasteiger partial charge in [-0.3, -0.25) is 9.78 Å². The summed E-state index contributed by atoms with van der Waals surface area (Å²) < 4.78 is 0.447. The molecule has 0 fully saturated rings. The maximum atomic E-state index is 12.3. The molecule has 5 aromatic rings. The molecule has 2 aromatic carbocycles. The summed E-state index contributed by atoms with van der Waals surface area (Å²) in [6.07, 6.45) is 0. The molecule has 0 saturated carbocycles. The standard InChI is InChI=1S/C21H12ClN3O2S/c22-13-8-6-11(7-9-13)14-10-15(12-4-2-1-3-5-12)23-20-16(14)17-18(28-20)19(26)25-21(27)24-17/h1-10H,(H2,24,25,26,27). The van der Waals surface area contributed by atoms with Crippen molar-refractivity contribution in [1.29, 1.82) is 0 Å². The largest absolute Gasteiger partial charge is 0.326 e. The second-order valence-corrected chi connectivity index (χ2v) is 7.76. The lowest BCUT2D eigenvalue weighted by Gasteiger charge is -2.08. The lowest BCUT2D eigenvalue weighted by Crippen LogP contribution is -2.20. The van der Waals surface area contributed by atoms with E-state index in [0.29, 0.717) is 20.1 Å². The Balaban J connectivity index is 1.94. The SMILES string of the molecule is O=c1[nH]c(=O)c2sc3nc(-c4ccccc4)cc(-c4ccc(Cl)cc4)c3c2[nH]1. The summed E-state index contributed by atoms with van der Waals surface area (Å²) in [6.45, 7) is 0. The highest BCUT2D eigenvalue weighted by Gasteiger charge is 2.17. The van der Waals surface area contributed by atoms with Crippen molar-refractivity contribution in [2.45, 2.75) is 0 Å². The molecule has 136 valence electrons. The zero-order valence-corrected chi connectivity index (χ0v) is 15.9. The number of nitrogens with zero attached hydrogens (tertiary/aromatic N) is 1. The van der Waals surface area contributed by atoms with Crippen LogP contribution in [-0.4, -0.2) is 15.0 Å². The average molecular weight is 406 g/mol. The molecule has 0 spiro atoms. The van der Waals surface area contributed by atoms with Crippen LogP contribution in [0.25, 0.3) is 42.8 Å². The quantitative estimate of drug-likeness (QED) is 0.442. The minimum absolute atomic E-state index is 0.412. The molecule has 2 N–H and O–H groups in total. The summed E-state index contributed by atoms with van der Waals surface area (Å²) >= 11 is 7.32. The molecule has 7 heteroatoms. The first-order valence-corrected chi connectivity index (χ1v) is 9.71. The van der Waals surface area contributed by atoms with Gasteiger partial charge in [-0.25, -0.2) is 9.78 Å². The number of rotatable bonds is 2. The van der Waals surface area contributed by atoms with Crippen LogP contribution < -0.4 is 11.2 Å². The van der Waals surface area contributed by atoms with Crippen molar-refractivity contribution in [2.24, 2.45) is 0 Å². The van der Waals surface area contributed by atoms with Crippen LogP contribution in [0.1, 0.15) is 0 Å². The first-order chi connectivity index (χ1) is 13.6. The number of pyridine rings is 1. The highest BCUT2D eigenvalue weighted by Crippen LogP contribution is 2.39. The number of thiophene rings is 1. The molecule has 5 nitrogen and oxygen atoms in total. The van der Waals surface area contributed by atoms with Crippen LogP contribution in [0.3, 0.4) is 0 Å². The maximum Gasteiger partial charge on any atom is 0.326 e. The summed E-state index contributed by atoms with van der Waals surface area (Å²) in [5, 5.41) is 1.39. The van der Waals surface area contributed by atoms with Crippen molar-refractivity contribution >= 4 is 43.4 Å². The number of aromatic amines is 2. The Labute approximate surface area is 167 Å². The van der Waals surface area contributed by atoms with E-state index in [1.807, 2.05) is 60.7 Å². The van der Waals surface area contributed by atoms with E-state index in [1.54, 1.807) is 0 Å². The molecule has 0 saturated heterocycles. The van der Waals surface area contributed by atoms with Gasteiger partial charge in [-0.05, 0) is 29.3 Å². The summed E-state index contributed by atoms with van der Waals surface area (Å²) in [6, 6.07) is 19.3. The van der Waals surface area contributed by atoms with Gasteiger partial charge in [-0.15, -0.1) is 11.3 Å². The Morgan fingerprint density at radius 1 is 0.893 bits per heavy atom. The van der Waals surface area contributed by atoms with Crippen molar-refractivity contribution in [3.05, 3.63) is 86.5 Å². The van der Waals surface area contributed by atoms with E-state index in [9.17, 15) is 9.59 Å². The van der Waals surface area contributed by atoms with Gasteiger partial charge in [0.1, 0.15) is 9.53 Å². The van der Waals surface area contributed by atoms with Gasteiger partial charge in [0.15, 0.2) is 0 Å². The molecule has 28 heavy (non-hydrogen) atoms. The first-order valence-electron chi connectivity index (χ1n) is 8.51. The first kappa shape index (κ1) is 16.9. The van der Waals surface area contributed by atoms with Gasteiger partial charge >= 0.3 is 5.69 Å². The van der Waals surface area contributed by atoms with Crippen LogP contribution >= 0.6 is 22.9 Å². The molecule has 5 rings (SSSR count). The number of aromatic nitrogens is 3. The number of H-pyrrole nitrogens is 2. The van der Waals surface area contributed by atoms with Crippen LogP contribution in [-0.2, 0) is 0 Å². The lowest BCUT2D eigenvalue weighted by atomic mass is 10.00. The van der Waals surface area contributed by atoms with Gasteiger partial charge < -0.3 is 4.98 Å². The predicted octanol–water partition coefficient (Wildman–Crippen LogP) is 4.81. The summed E-state index contributed by atoms with van der Waals surface area (Å²) in [5.74, 6) is 0. The van der Waals surface area contributed by atoms with E-state index < -0.39 is 11.2 Å². The van der Waals surface area contributed by atoms with Gasteiger partial charge in [-0.1, -0.05) is 54.1 Å². The number of hydrogen-bond acceptors (Lipinski definition) is 4. The Hall–Kier alpha value is -3.22. The Morgan fingerprint density at radius 2 is 1.64 bits per heavy atom. The molecule has 0 aliphatic rings. The topological polar surface area (TPSA) is 78.6 Å². The lowest BCUT2D eigenvalue weighted by molar-refractivity contribution is 1.09. The highest BCUT2D eigenvalue weighted by atomic mass is 35.5. The molecule has 3 aromatic heterocycles. The summed E-state index contributed by atoms with van der Waals surface area (Å²) in [5.41, 5.74) is 3.13. The zero-order chi connectivity index (χ0) is 19.3. The normalized spacial score (nSPS) is 11.3. The van der Waals surface area contributed by atoms with Crippen LogP contribution in [0, 0.1) is 0 Å². The number of nitrogens with one attached hydrogen (secondary N) is 2. The fourth-order valence-corrected chi connectivity index (χ4v) is 4.47. The average Bonchev–Trinajstić information content (AvgIpc) is 3.07. The third-order valence-corrected chi connectivity index (χ3v) is 5.89. The minimum atomic E-state index is -0.536. The molecular formula is C21H12ClN3O2S. The monoisotopic (exact) mass is 405 g/mol. The van der Waals surface area contributed by atoms with Crippen LogP contribution in [0.2, 0.25) is 5.02 Å². The molecular weight excluding hydrogens is 394 g/mol. The van der Waals surface area contributed by atoms with Crippen molar-refractivity contribution in [2.75, 3.05) is 0 Å². The smallest absolute Gasteiger partial charge is 0.305 e. The maximum absolute atomic E-state index is 12.3. The number of hydrogen-bond donors (Lipinski definition) is 2. The Bertz CT molecular complexity index is 1450. The number of fused-ring (bicyclic) bond motifs is 3. The van der Waals surface area contributed by atoms with E-state index in [2.05, 4.69) is 9.97 Å². The van der Waals surface area contributed by atoms with E-state index in [0.717, 1.165) is 27.8 Å². The molecule has 3 heterocycles. The fourth-order valence-electron chi connectivity index (χ4n) is 3.30. The minimum Gasteiger partial charge on any atom is -0.305 e. The molecule has 0 aliphatic heterocycles. The van der Waals surface area contributed by atoms with Gasteiger partial charge in [0.2, 0.25) is 0 Å². The van der Waals surface area contributed by atoms with Gasteiger partial charge in [0.25, 0.3) is 5.56 Å².